The highest BCUT2D eigenvalue weighted by Gasteiger charge is 2.30. The third-order valence-corrected chi connectivity index (χ3v) is 4.39. The lowest BCUT2D eigenvalue weighted by Crippen LogP contribution is -2.43. The van der Waals surface area contributed by atoms with Gasteiger partial charge < -0.3 is 10.2 Å². The second-order valence-electron chi connectivity index (χ2n) is 5.31. The van der Waals surface area contributed by atoms with Crippen molar-refractivity contribution >= 4 is 27.5 Å². The van der Waals surface area contributed by atoms with Crippen molar-refractivity contribution in [2.45, 2.75) is 26.3 Å². The Balaban J connectivity index is 2.33. The van der Waals surface area contributed by atoms with Crippen LogP contribution in [0.3, 0.4) is 0 Å². The maximum atomic E-state index is 12.6. The maximum absolute atomic E-state index is 12.6. The molecule has 1 N–H and O–H groups in total. The third-order valence-electron chi connectivity index (χ3n) is 3.53. The summed E-state index contributed by atoms with van der Waals surface area (Å²) in [5, 5.41) is 12.0. The molecule has 2 unspecified atom stereocenters. The highest BCUT2D eigenvalue weighted by atomic mass is 79.9. The number of aryl methyl sites for hydroxylation is 1. The predicted molar refractivity (Wildman–Crippen MR) is 82.4 cm³/mol. The third kappa shape index (κ3) is 3.20. The molecular weight excluding hydrogens is 318 g/mol. The first kappa shape index (κ1) is 15.0. The lowest BCUT2D eigenvalue weighted by molar-refractivity contribution is -0.120. The Kier molecular flexibility index (Phi) is 4.79. The monoisotopic (exact) mass is 335 g/mol. The number of nitrogens with zero attached hydrogens (tertiary/aromatic N) is 2. The molecule has 4 nitrogen and oxygen atoms in total. The Hall–Kier alpha value is -1.38. The number of nitriles is 1. The minimum atomic E-state index is -0.412. The largest absolute Gasteiger partial charge is 0.311 e. The van der Waals surface area contributed by atoms with Crippen LogP contribution in [0.4, 0.5) is 5.69 Å². The Morgan fingerprint density at radius 2 is 2.30 bits per heavy atom. The summed E-state index contributed by atoms with van der Waals surface area (Å²) in [6.45, 7) is 5.54. The zero-order chi connectivity index (χ0) is 14.7. The van der Waals surface area contributed by atoms with E-state index in [0.29, 0.717) is 12.5 Å². The zero-order valence-corrected chi connectivity index (χ0v) is 13.3. The number of rotatable bonds is 2. The highest BCUT2D eigenvalue weighted by Crippen LogP contribution is 2.26. The van der Waals surface area contributed by atoms with E-state index in [9.17, 15) is 4.79 Å². The van der Waals surface area contributed by atoms with Gasteiger partial charge in [-0.1, -0.05) is 28.9 Å². The van der Waals surface area contributed by atoms with Gasteiger partial charge in [-0.25, -0.2) is 0 Å². The van der Waals surface area contributed by atoms with E-state index in [1.807, 2.05) is 25.1 Å². The lowest BCUT2D eigenvalue weighted by Gasteiger charge is -2.25. The topological polar surface area (TPSA) is 56.1 Å². The molecule has 1 heterocycles. The molecule has 0 bridgehead atoms. The van der Waals surface area contributed by atoms with Crippen LogP contribution in [0.2, 0.25) is 0 Å². The van der Waals surface area contributed by atoms with Crippen molar-refractivity contribution in [1.29, 1.82) is 5.26 Å². The predicted octanol–water partition coefficient (Wildman–Crippen LogP) is 2.61. The second-order valence-corrected chi connectivity index (χ2v) is 6.16. The summed E-state index contributed by atoms with van der Waals surface area (Å²) in [4.78, 5) is 14.4. The quantitative estimate of drug-likeness (QED) is 0.903. The average Bonchev–Trinajstić information content (AvgIpc) is 2.55. The second kappa shape index (κ2) is 6.38. The fourth-order valence-electron chi connectivity index (χ4n) is 2.32. The lowest BCUT2D eigenvalue weighted by atomic mass is 10.1. The van der Waals surface area contributed by atoms with Crippen LogP contribution >= 0.6 is 15.9 Å². The van der Waals surface area contributed by atoms with Crippen molar-refractivity contribution < 1.29 is 4.79 Å². The molecule has 0 saturated carbocycles. The van der Waals surface area contributed by atoms with Gasteiger partial charge in [0.05, 0.1) is 12.5 Å². The number of nitrogens with one attached hydrogen (secondary N) is 1. The molecular formula is C15H18BrN3O. The fraction of sp³-hybridized carbons (Fsp3) is 0.467. The van der Waals surface area contributed by atoms with E-state index < -0.39 is 6.04 Å². The average molecular weight is 336 g/mol. The molecule has 1 aliphatic rings. The SMILES string of the molecule is Cc1ccc(N2CC(C)CNC(CC#N)C2=O)cc1Br. The molecule has 1 aliphatic heterocycles. The molecule has 1 saturated heterocycles. The van der Waals surface area contributed by atoms with Crippen molar-refractivity contribution in [3.05, 3.63) is 28.2 Å². The van der Waals surface area contributed by atoms with E-state index in [0.717, 1.165) is 22.3 Å². The van der Waals surface area contributed by atoms with Crippen molar-refractivity contribution in [3.63, 3.8) is 0 Å². The van der Waals surface area contributed by atoms with E-state index >= 15 is 0 Å². The molecule has 0 aromatic heterocycles. The number of carbonyl (C=O) groups is 1. The molecule has 1 fully saturated rings. The summed E-state index contributed by atoms with van der Waals surface area (Å²) < 4.78 is 0.990. The van der Waals surface area contributed by atoms with Gasteiger partial charge in [-0.3, -0.25) is 4.79 Å². The van der Waals surface area contributed by atoms with E-state index in [4.69, 9.17) is 5.26 Å². The Morgan fingerprint density at radius 3 is 2.95 bits per heavy atom. The first-order valence-corrected chi connectivity index (χ1v) is 7.50. The van der Waals surface area contributed by atoms with Gasteiger partial charge in [0.2, 0.25) is 5.91 Å². The number of benzene rings is 1. The molecule has 2 atom stereocenters. The molecule has 2 rings (SSSR count). The molecule has 106 valence electrons. The summed E-state index contributed by atoms with van der Waals surface area (Å²) in [5.41, 5.74) is 2.02. The van der Waals surface area contributed by atoms with Gasteiger partial charge >= 0.3 is 0 Å². The van der Waals surface area contributed by atoms with Crippen molar-refractivity contribution in [1.82, 2.24) is 5.32 Å². The van der Waals surface area contributed by atoms with E-state index in [1.54, 1.807) is 4.90 Å². The Bertz CT molecular complexity index is 553. The molecule has 1 aromatic carbocycles. The van der Waals surface area contributed by atoms with Crippen LogP contribution in [0.1, 0.15) is 18.9 Å². The first-order valence-electron chi connectivity index (χ1n) is 6.70. The van der Waals surface area contributed by atoms with Crippen LogP contribution in [-0.2, 0) is 4.79 Å². The van der Waals surface area contributed by atoms with Crippen LogP contribution in [0.15, 0.2) is 22.7 Å². The standard InChI is InChI=1S/C15H18BrN3O/c1-10-8-18-14(5-6-17)15(20)19(9-10)12-4-3-11(2)13(16)7-12/h3-4,7,10,14,18H,5,8-9H2,1-2H3. The number of hydrogen-bond donors (Lipinski definition) is 1. The van der Waals surface area contributed by atoms with Gasteiger partial charge in [0.25, 0.3) is 0 Å². The number of hydrogen-bond acceptors (Lipinski definition) is 3. The van der Waals surface area contributed by atoms with Gasteiger partial charge in [0.15, 0.2) is 0 Å². The summed E-state index contributed by atoms with van der Waals surface area (Å²) in [5.74, 6) is 0.328. The van der Waals surface area contributed by atoms with E-state index in [-0.39, 0.29) is 12.3 Å². The van der Waals surface area contributed by atoms with Crippen LogP contribution < -0.4 is 10.2 Å². The minimum Gasteiger partial charge on any atom is -0.311 e. The maximum Gasteiger partial charge on any atom is 0.245 e. The van der Waals surface area contributed by atoms with E-state index in [2.05, 4.69) is 34.2 Å². The van der Waals surface area contributed by atoms with Gasteiger partial charge in [0.1, 0.15) is 6.04 Å². The number of carbonyl (C=O) groups excluding carboxylic acids is 1. The normalized spacial score (nSPS) is 23.3. The molecule has 20 heavy (non-hydrogen) atoms. The van der Waals surface area contributed by atoms with Gasteiger partial charge in [-0.2, -0.15) is 5.26 Å². The minimum absolute atomic E-state index is 0.0216. The summed E-state index contributed by atoms with van der Waals surface area (Å²) in [7, 11) is 0. The Labute approximate surface area is 127 Å². The molecule has 0 aliphatic carbocycles. The van der Waals surface area contributed by atoms with Gasteiger partial charge in [-0.15, -0.1) is 0 Å². The van der Waals surface area contributed by atoms with Gasteiger partial charge in [0, 0.05) is 23.2 Å². The van der Waals surface area contributed by atoms with Crippen molar-refractivity contribution in [2.24, 2.45) is 5.92 Å². The molecule has 0 spiro atoms. The smallest absolute Gasteiger partial charge is 0.245 e. The Morgan fingerprint density at radius 1 is 1.55 bits per heavy atom. The van der Waals surface area contributed by atoms with Crippen LogP contribution in [0, 0.1) is 24.2 Å². The van der Waals surface area contributed by atoms with Crippen LogP contribution in [0.25, 0.3) is 0 Å². The molecule has 1 aromatic rings. The molecule has 0 radical (unpaired) electrons. The number of amides is 1. The van der Waals surface area contributed by atoms with Crippen molar-refractivity contribution in [3.8, 4) is 6.07 Å². The number of halogens is 1. The summed E-state index contributed by atoms with van der Waals surface area (Å²) >= 11 is 3.51. The van der Waals surface area contributed by atoms with Crippen LogP contribution in [0.5, 0.6) is 0 Å². The molecule has 5 heteroatoms. The zero-order valence-electron chi connectivity index (χ0n) is 11.7. The van der Waals surface area contributed by atoms with Gasteiger partial charge in [-0.05, 0) is 30.5 Å². The molecule has 1 amide bonds. The number of anilines is 1. The van der Waals surface area contributed by atoms with E-state index in [1.165, 1.54) is 0 Å². The highest BCUT2D eigenvalue weighted by molar-refractivity contribution is 9.10. The fourth-order valence-corrected chi connectivity index (χ4v) is 2.68. The van der Waals surface area contributed by atoms with Crippen LogP contribution in [-0.4, -0.2) is 25.0 Å². The summed E-state index contributed by atoms with van der Waals surface area (Å²) in [6, 6.07) is 7.59. The van der Waals surface area contributed by atoms with Crippen molar-refractivity contribution in [2.75, 3.05) is 18.0 Å². The summed E-state index contributed by atoms with van der Waals surface area (Å²) in [6.07, 6.45) is 0.203. The first-order chi connectivity index (χ1) is 9.52.